The molecule has 5 heteroatoms. The van der Waals surface area contributed by atoms with E-state index in [0.717, 1.165) is 50.6 Å². The molecule has 0 spiro atoms. The second kappa shape index (κ2) is 8.94. The summed E-state index contributed by atoms with van der Waals surface area (Å²) in [6.45, 7) is 5.40. The Hall–Kier alpha value is -1.95. The van der Waals surface area contributed by atoms with Crippen LogP contribution in [-0.4, -0.2) is 44.8 Å². The fraction of sp³-hybridized carbons (Fsp3) is 0.400. The molecule has 1 aliphatic rings. The zero-order valence-electron chi connectivity index (χ0n) is 14.6. The van der Waals surface area contributed by atoms with Crippen LogP contribution in [0.3, 0.4) is 0 Å². The number of benzene rings is 2. The van der Waals surface area contributed by atoms with E-state index in [-0.39, 0.29) is 5.82 Å². The van der Waals surface area contributed by atoms with Crippen LogP contribution in [0.5, 0.6) is 11.5 Å². The maximum atomic E-state index is 13.4. The Morgan fingerprint density at radius 1 is 1.16 bits per heavy atom. The van der Waals surface area contributed by atoms with Gasteiger partial charge in [0.25, 0.3) is 0 Å². The Labute approximate surface area is 148 Å². The van der Waals surface area contributed by atoms with Gasteiger partial charge in [0.15, 0.2) is 0 Å². The second-order valence-corrected chi connectivity index (χ2v) is 6.24. The molecule has 1 aliphatic heterocycles. The van der Waals surface area contributed by atoms with Crippen molar-refractivity contribution in [2.45, 2.75) is 13.0 Å². The topological polar surface area (TPSA) is 33.7 Å². The van der Waals surface area contributed by atoms with E-state index in [1.165, 1.54) is 17.7 Å². The van der Waals surface area contributed by atoms with Crippen LogP contribution in [0.2, 0.25) is 0 Å². The molecule has 1 fully saturated rings. The number of rotatable bonds is 7. The Bertz CT molecular complexity index is 687. The normalized spacial score (nSPS) is 15.3. The van der Waals surface area contributed by atoms with Crippen LogP contribution in [0.1, 0.15) is 11.1 Å². The van der Waals surface area contributed by atoms with Gasteiger partial charge in [-0.3, -0.25) is 4.90 Å². The van der Waals surface area contributed by atoms with Gasteiger partial charge in [0.05, 0.1) is 13.2 Å². The Kier molecular flexibility index (Phi) is 6.39. The highest BCUT2D eigenvalue weighted by atomic mass is 19.1. The largest absolute Gasteiger partial charge is 0.457 e. The molecule has 0 saturated carbocycles. The van der Waals surface area contributed by atoms with Gasteiger partial charge in [0.1, 0.15) is 17.3 Å². The molecule has 134 valence electrons. The fourth-order valence-electron chi connectivity index (χ4n) is 2.99. The molecule has 2 aromatic carbocycles. The van der Waals surface area contributed by atoms with Crippen LogP contribution in [0.15, 0.2) is 42.5 Å². The first kappa shape index (κ1) is 17.9. The van der Waals surface area contributed by atoms with E-state index in [0.29, 0.717) is 12.3 Å². The van der Waals surface area contributed by atoms with Crippen LogP contribution in [-0.2, 0) is 17.7 Å². The predicted molar refractivity (Wildman–Crippen MR) is 96.6 cm³/mol. The van der Waals surface area contributed by atoms with E-state index in [4.69, 9.17) is 9.47 Å². The van der Waals surface area contributed by atoms with E-state index in [1.807, 2.05) is 13.1 Å². The lowest BCUT2D eigenvalue weighted by atomic mass is 10.1. The molecule has 1 N–H and O–H groups in total. The molecule has 0 radical (unpaired) electrons. The van der Waals surface area contributed by atoms with Crippen molar-refractivity contribution in [1.29, 1.82) is 0 Å². The molecule has 1 saturated heterocycles. The molecule has 0 aliphatic carbocycles. The predicted octanol–water partition coefficient (Wildman–Crippen LogP) is 3.21. The second-order valence-electron chi connectivity index (χ2n) is 6.24. The minimum absolute atomic E-state index is 0.296. The van der Waals surface area contributed by atoms with Crippen LogP contribution < -0.4 is 10.1 Å². The lowest BCUT2D eigenvalue weighted by molar-refractivity contribution is 0.0384. The molecule has 2 aromatic rings. The molecular formula is C20H25FN2O2. The third-order valence-electron chi connectivity index (χ3n) is 4.34. The smallest absolute Gasteiger partial charge is 0.131 e. The summed E-state index contributed by atoms with van der Waals surface area (Å²) in [5, 5.41) is 3.17. The van der Waals surface area contributed by atoms with Gasteiger partial charge in [-0.25, -0.2) is 4.39 Å². The highest BCUT2D eigenvalue weighted by Crippen LogP contribution is 2.27. The molecule has 0 bridgehead atoms. The number of hydrogen-bond acceptors (Lipinski definition) is 4. The van der Waals surface area contributed by atoms with Crippen molar-refractivity contribution in [2.24, 2.45) is 0 Å². The maximum Gasteiger partial charge on any atom is 0.131 e. The maximum absolute atomic E-state index is 13.4. The van der Waals surface area contributed by atoms with Crippen molar-refractivity contribution < 1.29 is 13.9 Å². The highest BCUT2D eigenvalue weighted by Gasteiger charge is 2.11. The van der Waals surface area contributed by atoms with Gasteiger partial charge >= 0.3 is 0 Å². The quantitative estimate of drug-likeness (QED) is 0.836. The zero-order valence-corrected chi connectivity index (χ0v) is 14.6. The zero-order chi connectivity index (χ0) is 17.5. The number of halogens is 1. The molecular weight excluding hydrogens is 319 g/mol. The summed E-state index contributed by atoms with van der Waals surface area (Å²) >= 11 is 0. The molecule has 0 unspecified atom stereocenters. The van der Waals surface area contributed by atoms with Gasteiger partial charge in [-0.2, -0.15) is 0 Å². The number of nitrogens with one attached hydrogen (secondary N) is 1. The summed E-state index contributed by atoms with van der Waals surface area (Å²) in [5.74, 6) is 0.975. The molecule has 25 heavy (non-hydrogen) atoms. The first-order valence-electron chi connectivity index (χ1n) is 8.74. The minimum Gasteiger partial charge on any atom is -0.457 e. The molecule has 0 aromatic heterocycles. The van der Waals surface area contributed by atoms with Gasteiger partial charge < -0.3 is 14.8 Å². The van der Waals surface area contributed by atoms with Crippen molar-refractivity contribution in [2.75, 3.05) is 39.9 Å². The van der Waals surface area contributed by atoms with Crippen LogP contribution in [0, 0.1) is 5.82 Å². The van der Waals surface area contributed by atoms with E-state index in [9.17, 15) is 4.39 Å². The van der Waals surface area contributed by atoms with Crippen LogP contribution in [0.25, 0.3) is 0 Å². The van der Waals surface area contributed by atoms with Gasteiger partial charge in [0, 0.05) is 37.8 Å². The summed E-state index contributed by atoms with van der Waals surface area (Å²) in [6.07, 6.45) is 0.997. The molecule has 0 atom stereocenters. The average molecular weight is 344 g/mol. The Morgan fingerprint density at radius 3 is 2.76 bits per heavy atom. The minimum atomic E-state index is -0.296. The van der Waals surface area contributed by atoms with Gasteiger partial charge in [-0.1, -0.05) is 18.2 Å². The van der Waals surface area contributed by atoms with Crippen molar-refractivity contribution >= 4 is 0 Å². The molecule has 4 nitrogen and oxygen atoms in total. The van der Waals surface area contributed by atoms with Crippen molar-refractivity contribution in [3.05, 3.63) is 59.4 Å². The fourth-order valence-corrected chi connectivity index (χ4v) is 2.99. The van der Waals surface area contributed by atoms with Crippen LogP contribution in [0.4, 0.5) is 4.39 Å². The third-order valence-corrected chi connectivity index (χ3v) is 4.34. The summed E-state index contributed by atoms with van der Waals surface area (Å²) in [6, 6.07) is 12.5. The third kappa shape index (κ3) is 5.26. The molecule has 0 amide bonds. The highest BCUT2D eigenvalue weighted by molar-refractivity contribution is 5.40. The average Bonchev–Trinajstić information content (AvgIpc) is 2.63. The number of hydrogen-bond donors (Lipinski definition) is 1. The number of morpholine rings is 1. The van der Waals surface area contributed by atoms with Gasteiger partial charge in [-0.15, -0.1) is 0 Å². The van der Waals surface area contributed by atoms with Gasteiger partial charge in [0.2, 0.25) is 0 Å². The first-order valence-corrected chi connectivity index (χ1v) is 8.74. The molecule has 1 heterocycles. The number of ether oxygens (including phenoxy) is 2. The first-order chi connectivity index (χ1) is 12.2. The van der Waals surface area contributed by atoms with Crippen molar-refractivity contribution in [3.8, 4) is 11.5 Å². The Morgan fingerprint density at radius 2 is 2.00 bits per heavy atom. The van der Waals surface area contributed by atoms with E-state index in [1.54, 1.807) is 12.1 Å². The van der Waals surface area contributed by atoms with Gasteiger partial charge in [-0.05, 0) is 37.2 Å². The van der Waals surface area contributed by atoms with E-state index < -0.39 is 0 Å². The molecule has 3 rings (SSSR count). The monoisotopic (exact) mass is 344 g/mol. The standard InChI is InChI=1S/C20H25FN2O2/c1-22-15-17-13-16(7-8-23-9-11-24-12-10-23)5-6-20(17)25-19-4-2-3-18(21)14-19/h2-6,13-14,22H,7-12,15H2,1H3. The lowest BCUT2D eigenvalue weighted by Crippen LogP contribution is -2.37. The summed E-state index contributed by atoms with van der Waals surface area (Å²) in [5.41, 5.74) is 2.36. The van der Waals surface area contributed by atoms with E-state index in [2.05, 4.69) is 22.3 Å². The van der Waals surface area contributed by atoms with Crippen molar-refractivity contribution in [1.82, 2.24) is 10.2 Å². The Balaban J connectivity index is 1.68. The van der Waals surface area contributed by atoms with Crippen molar-refractivity contribution in [3.63, 3.8) is 0 Å². The number of nitrogens with zero attached hydrogens (tertiary/aromatic N) is 1. The summed E-state index contributed by atoms with van der Waals surface area (Å²) in [4.78, 5) is 2.43. The SMILES string of the molecule is CNCc1cc(CCN2CCOCC2)ccc1Oc1cccc(F)c1. The van der Waals surface area contributed by atoms with E-state index >= 15 is 0 Å². The lowest BCUT2D eigenvalue weighted by Gasteiger charge is -2.26. The van der Waals surface area contributed by atoms with Crippen LogP contribution >= 0.6 is 0 Å². The summed E-state index contributed by atoms with van der Waals surface area (Å²) in [7, 11) is 1.91. The summed E-state index contributed by atoms with van der Waals surface area (Å²) < 4.78 is 24.6.